The van der Waals surface area contributed by atoms with Crippen LogP contribution >= 0.6 is 0 Å². The Bertz CT molecular complexity index is 727. The van der Waals surface area contributed by atoms with Crippen LogP contribution in [0.15, 0.2) is 47.6 Å². The minimum Gasteiger partial charge on any atom is -0.494 e. The van der Waals surface area contributed by atoms with Crippen molar-refractivity contribution < 1.29 is 19.0 Å². The Morgan fingerprint density at radius 3 is 2.40 bits per heavy atom. The molecular weight excluding hydrogens is 320 g/mol. The molecule has 2 aromatic carbocycles. The lowest BCUT2D eigenvalue weighted by Crippen LogP contribution is -2.17. The highest BCUT2D eigenvalue weighted by Crippen LogP contribution is 2.27. The summed E-state index contributed by atoms with van der Waals surface area (Å²) in [7, 11) is 1.58. The lowest BCUT2D eigenvalue weighted by atomic mass is 10.2. The Labute approximate surface area is 147 Å². The SMILES string of the molecule is CCOc1ccc(C(=O)N/N=C/c2ccc(OCC)c(OC)c2)cc1. The topological polar surface area (TPSA) is 69.2 Å². The quantitative estimate of drug-likeness (QED) is 0.590. The number of hydrazone groups is 1. The van der Waals surface area contributed by atoms with Gasteiger partial charge >= 0.3 is 0 Å². The summed E-state index contributed by atoms with van der Waals surface area (Å²) in [4.78, 5) is 12.1. The van der Waals surface area contributed by atoms with Crippen LogP contribution in [-0.2, 0) is 0 Å². The summed E-state index contributed by atoms with van der Waals surface area (Å²) < 4.78 is 16.1. The molecule has 0 fully saturated rings. The molecule has 0 saturated heterocycles. The van der Waals surface area contributed by atoms with E-state index in [0.717, 1.165) is 11.3 Å². The molecule has 2 aromatic rings. The molecule has 25 heavy (non-hydrogen) atoms. The minimum atomic E-state index is -0.294. The highest BCUT2D eigenvalue weighted by atomic mass is 16.5. The van der Waals surface area contributed by atoms with Gasteiger partial charge in [-0.15, -0.1) is 0 Å². The van der Waals surface area contributed by atoms with Crippen molar-refractivity contribution in [2.24, 2.45) is 5.10 Å². The molecule has 6 heteroatoms. The number of ether oxygens (including phenoxy) is 3. The van der Waals surface area contributed by atoms with E-state index in [0.29, 0.717) is 30.3 Å². The number of hydrogen-bond donors (Lipinski definition) is 1. The lowest BCUT2D eigenvalue weighted by Gasteiger charge is -2.09. The van der Waals surface area contributed by atoms with Crippen LogP contribution < -0.4 is 19.6 Å². The van der Waals surface area contributed by atoms with E-state index in [9.17, 15) is 4.79 Å². The summed E-state index contributed by atoms with van der Waals surface area (Å²) in [6, 6.07) is 12.3. The van der Waals surface area contributed by atoms with Crippen LogP contribution in [0.2, 0.25) is 0 Å². The zero-order valence-corrected chi connectivity index (χ0v) is 14.6. The fraction of sp³-hybridized carbons (Fsp3) is 0.263. The van der Waals surface area contributed by atoms with Crippen molar-refractivity contribution in [2.45, 2.75) is 13.8 Å². The van der Waals surface area contributed by atoms with Crippen molar-refractivity contribution in [2.75, 3.05) is 20.3 Å². The van der Waals surface area contributed by atoms with Gasteiger partial charge in [0.05, 0.1) is 26.5 Å². The smallest absolute Gasteiger partial charge is 0.271 e. The van der Waals surface area contributed by atoms with Gasteiger partial charge in [-0.1, -0.05) is 0 Å². The standard InChI is InChI=1S/C19H22N2O4/c1-4-24-16-9-7-15(8-10-16)19(22)21-20-13-14-6-11-17(25-5-2)18(12-14)23-3/h6-13H,4-5H2,1-3H3,(H,21,22)/b20-13+. The molecule has 0 saturated carbocycles. The van der Waals surface area contributed by atoms with E-state index in [2.05, 4.69) is 10.5 Å². The molecule has 0 atom stereocenters. The molecule has 0 aliphatic rings. The molecule has 132 valence electrons. The second-order valence-electron chi connectivity index (χ2n) is 5.00. The third kappa shape index (κ3) is 5.24. The van der Waals surface area contributed by atoms with Crippen LogP contribution in [0.5, 0.6) is 17.2 Å². The summed E-state index contributed by atoms with van der Waals surface area (Å²) >= 11 is 0. The maximum Gasteiger partial charge on any atom is 0.271 e. The van der Waals surface area contributed by atoms with Crippen LogP contribution in [0.4, 0.5) is 0 Å². The molecule has 0 unspecified atom stereocenters. The Kier molecular flexibility index (Phi) is 6.83. The van der Waals surface area contributed by atoms with Gasteiger partial charge in [0.1, 0.15) is 5.75 Å². The van der Waals surface area contributed by atoms with Crippen LogP contribution in [0.3, 0.4) is 0 Å². The lowest BCUT2D eigenvalue weighted by molar-refractivity contribution is 0.0955. The average Bonchev–Trinajstić information content (AvgIpc) is 2.63. The zero-order chi connectivity index (χ0) is 18.1. The van der Waals surface area contributed by atoms with Gasteiger partial charge in [0, 0.05) is 5.56 Å². The number of methoxy groups -OCH3 is 1. The monoisotopic (exact) mass is 342 g/mol. The van der Waals surface area contributed by atoms with E-state index in [1.807, 2.05) is 19.9 Å². The molecule has 0 heterocycles. The van der Waals surface area contributed by atoms with Crippen molar-refractivity contribution >= 4 is 12.1 Å². The third-order valence-corrected chi connectivity index (χ3v) is 3.29. The molecule has 0 aliphatic carbocycles. The molecule has 0 radical (unpaired) electrons. The molecule has 2 rings (SSSR count). The first-order valence-corrected chi connectivity index (χ1v) is 8.05. The molecular formula is C19H22N2O4. The first-order chi connectivity index (χ1) is 12.2. The van der Waals surface area contributed by atoms with Crippen LogP contribution in [-0.4, -0.2) is 32.4 Å². The summed E-state index contributed by atoms with van der Waals surface area (Å²) in [6.45, 7) is 4.96. The van der Waals surface area contributed by atoms with Crippen LogP contribution in [0.1, 0.15) is 29.8 Å². The Balaban J connectivity index is 1.98. The Hall–Kier alpha value is -3.02. The van der Waals surface area contributed by atoms with E-state index in [1.54, 1.807) is 49.7 Å². The summed E-state index contributed by atoms with van der Waals surface area (Å²) in [5.41, 5.74) is 3.78. The highest BCUT2D eigenvalue weighted by Gasteiger charge is 2.06. The van der Waals surface area contributed by atoms with Gasteiger partial charge < -0.3 is 14.2 Å². The number of benzene rings is 2. The van der Waals surface area contributed by atoms with Gasteiger partial charge in [0.2, 0.25) is 0 Å². The Morgan fingerprint density at radius 2 is 1.76 bits per heavy atom. The number of carbonyl (C=O) groups excluding carboxylic acids is 1. The normalized spacial score (nSPS) is 10.5. The number of rotatable bonds is 8. The first kappa shape index (κ1) is 18.3. The van der Waals surface area contributed by atoms with E-state index in [4.69, 9.17) is 14.2 Å². The first-order valence-electron chi connectivity index (χ1n) is 8.05. The molecule has 1 amide bonds. The van der Waals surface area contributed by atoms with Crippen molar-refractivity contribution in [3.8, 4) is 17.2 Å². The molecule has 6 nitrogen and oxygen atoms in total. The molecule has 0 aromatic heterocycles. The van der Waals surface area contributed by atoms with Crippen molar-refractivity contribution in [3.63, 3.8) is 0 Å². The second-order valence-corrected chi connectivity index (χ2v) is 5.00. The molecule has 0 aliphatic heterocycles. The predicted molar refractivity (Wildman–Crippen MR) is 96.8 cm³/mol. The van der Waals surface area contributed by atoms with Crippen molar-refractivity contribution in [1.82, 2.24) is 5.43 Å². The third-order valence-electron chi connectivity index (χ3n) is 3.29. The van der Waals surface area contributed by atoms with E-state index in [1.165, 1.54) is 0 Å². The largest absolute Gasteiger partial charge is 0.494 e. The minimum absolute atomic E-state index is 0.294. The fourth-order valence-corrected chi connectivity index (χ4v) is 2.14. The summed E-state index contributed by atoms with van der Waals surface area (Å²) in [5.74, 6) is 1.71. The second kappa shape index (κ2) is 9.32. The van der Waals surface area contributed by atoms with E-state index < -0.39 is 0 Å². The van der Waals surface area contributed by atoms with Crippen LogP contribution in [0.25, 0.3) is 0 Å². The van der Waals surface area contributed by atoms with Gasteiger partial charge in [-0.2, -0.15) is 5.10 Å². The number of nitrogens with zero attached hydrogens (tertiary/aromatic N) is 1. The predicted octanol–water partition coefficient (Wildman–Crippen LogP) is 3.26. The van der Waals surface area contributed by atoms with E-state index >= 15 is 0 Å². The van der Waals surface area contributed by atoms with Gasteiger partial charge in [0.25, 0.3) is 5.91 Å². The van der Waals surface area contributed by atoms with E-state index in [-0.39, 0.29) is 5.91 Å². The van der Waals surface area contributed by atoms with Gasteiger partial charge in [-0.25, -0.2) is 5.43 Å². The average molecular weight is 342 g/mol. The maximum atomic E-state index is 12.1. The van der Waals surface area contributed by atoms with Crippen LogP contribution in [0, 0.1) is 0 Å². The highest BCUT2D eigenvalue weighted by molar-refractivity contribution is 5.95. The summed E-state index contributed by atoms with van der Waals surface area (Å²) in [6.07, 6.45) is 1.55. The zero-order valence-electron chi connectivity index (χ0n) is 14.6. The Morgan fingerprint density at radius 1 is 1.04 bits per heavy atom. The van der Waals surface area contributed by atoms with Gasteiger partial charge in [0.15, 0.2) is 11.5 Å². The molecule has 0 bridgehead atoms. The van der Waals surface area contributed by atoms with Crippen molar-refractivity contribution in [3.05, 3.63) is 53.6 Å². The number of amides is 1. The fourth-order valence-electron chi connectivity index (χ4n) is 2.14. The number of nitrogens with one attached hydrogen (secondary N) is 1. The van der Waals surface area contributed by atoms with Gasteiger partial charge in [-0.3, -0.25) is 4.79 Å². The number of carbonyl (C=O) groups is 1. The summed E-state index contributed by atoms with van der Waals surface area (Å²) in [5, 5.41) is 3.98. The molecule has 1 N–H and O–H groups in total. The van der Waals surface area contributed by atoms with Crippen molar-refractivity contribution in [1.29, 1.82) is 0 Å². The number of hydrogen-bond acceptors (Lipinski definition) is 5. The molecule has 0 spiro atoms. The maximum absolute atomic E-state index is 12.1. The van der Waals surface area contributed by atoms with Gasteiger partial charge in [-0.05, 0) is 61.9 Å².